The van der Waals surface area contributed by atoms with E-state index in [1.807, 2.05) is 36.4 Å². The summed E-state index contributed by atoms with van der Waals surface area (Å²) in [5, 5.41) is 0. The van der Waals surface area contributed by atoms with Crippen molar-refractivity contribution in [1.82, 2.24) is 4.90 Å². The molecular weight excluding hydrogens is 542 g/mol. The molecule has 0 radical (unpaired) electrons. The maximum atomic E-state index is 13.3. The van der Waals surface area contributed by atoms with E-state index in [-0.39, 0.29) is 18.3 Å². The van der Waals surface area contributed by atoms with Gasteiger partial charge >= 0.3 is 0 Å². The number of Topliss-reactive ketones (excluding diaryl/α,β-unsaturated/α-hetero) is 1. The van der Waals surface area contributed by atoms with E-state index < -0.39 is 0 Å². The van der Waals surface area contributed by atoms with Crippen LogP contribution in [0.15, 0.2) is 52.7 Å². The molecule has 0 fully saturated rings. The summed E-state index contributed by atoms with van der Waals surface area (Å²) in [4.78, 5) is 15.4. The fourth-order valence-corrected chi connectivity index (χ4v) is 5.32. The second kappa shape index (κ2) is 9.74. The van der Waals surface area contributed by atoms with E-state index >= 15 is 0 Å². The number of fused-ring (bicyclic) bond motifs is 4. The summed E-state index contributed by atoms with van der Waals surface area (Å²) in [5.41, 5.74) is 4.09. The van der Waals surface area contributed by atoms with Gasteiger partial charge in [0.1, 0.15) is 24.0 Å². The summed E-state index contributed by atoms with van der Waals surface area (Å²) < 4.78 is 35.0. The molecule has 0 saturated heterocycles. The molecule has 0 spiro atoms. The lowest BCUT2D eigenvalue weighted by atomic mass is 10.0. The van der Waals surface area contributed by atoms with Crippen molar-refractivity contribution in [2.75, 3.05) is 27.7 Å². The second-order valence-corrected chi connectivity index (χ2v) is 9.82. The number of carbonyl (C=O) groups excluding carboxylic acids is 1. The van der Waals surface area contributed by atoms with Crippen molar-refractivity contribution < 1.29 is 33.2 Å². The number of carbonyl (C=O) groups is 1. The molecule has 3 aliphatic rings. The van der Waals surface area contributed by atoms with Crippen molar-refractivity contribution in [2.45, 2.75) is 19.7 Å². The largest absolute Gasteiger partial charge is 0.493 e. The first-order valence-electron chi connectivity index (χ1n) is 11.7. The Bertz CT molecular complexity index is 1430. The molecule has 0 aromatic heterocycles. The molecule has 0 amide bonds. The Balaban J connectivity index is 1.28. The summed E-state index contributed by atoms with van der Waals surface area (Å²) in [6, 6.07) is 13.3. The zero-order chi connectivity index (χ0) is 25.5. The van der Waals surface area contributed by atoms with Crippen LogP contribution in [0.2, 0.25) is 0 Å². The highest BCUT2D eigenvalue weighted by Crippen LogP contribution is 2.43. The fraction of sp³-hybridized carbons (Fsp3) is 0.250. The number of benzene rings is 3. The number of hydrogen-bond acceptors (Lipinski definition) is 8. The molecule has 190 valence electrons. The van der Waals surface area contributed by atoms with Crippen molar-refractivity contribution in [2.24, 2.45) is 0 Å². The van der Waals surface area contributed by atoms with Crippen molar-refractivity contribution in [3.8, 4) is 28.7 Å². The van der Waals surface area contributed by atoms with Crippen LogP contribution in [0.4, 0.5) is 0 Å². The highest BCUT2D eigenvalue weighted by atomic mass is 79.9. The van der Waals surface area contributed by atoms with Crippen molar-refractivity contribution in [3.63, 3.8) is 0 Å². The van der Waals surface area contributed by atoms with Gasteiger partial charge in [0.25, 0.3) is 0 Å². The van der Waals surface area contributed by atoms with E-state index in [0.717, 1.165) is 32.5 Å². The lowest BCUT2D eigenvalue weighted by Crippen LogP contribution is -2.31. The number of hydrogen-bond donors (Lipinski definition) is 0. The molecular formula is C28H24BrNO7. The van der Waals surface area contributed by atoms with Gasteiger partial charge in [-0.1, -0.05) is 22.0 Å². The molecule has 3 aromatic rings. The topological polar surface area (TPSA) is 75.7 Å². The number of methoxy groups -OCH3 is 2. The minimum atomic E-state index is -0.171. The Morgan fingerprint density at radius 3 is 2.73 bits per heavy atom. The van der Waals surface area contributed by atoms with Gasteiger partial charge in [-0.3, -0.25) is 9.69 Å². The smallest absolute Gasteiger partial charge is 0.231 e. The Labute approximate surface area is 222 Å². The molecule has 0 bridgehead atoms. The number of allylic oxidation sites excluding steroid dienone is 1. The van der Waals surface area contributed by atoms with Gasteiger partial charge < -0.3 is 28.4 Å². The van der Waals surface area contributed by atoms with Crippen LogP contribution in [0.3, 0.4) is 0 Å². The molecule has 0 unspecified atom stereocenters. The molecule has 0 atom stereocenters. The van der Waals surface area contributed by atoms with Crippen LogP contribution < -0.4 is 23.7 Å². The van der Waals surface area contributed by atoms with Gasteiger partial charge in [0.2, 0.25) is 5.78 Å². The number of ether oxygens (including phenoxy) is 6. The fourth-order valence-electron chi connectivity index (χ4n) is 4.80. The maximum absolute atomic E-state index is 13.3. The highest BCUT2D eigenvalue weighted by Gasteiger charge is 2.34. The third-order valence-corrected chi connectivity index (χ3v) is 6.98. The van der Waals surface area contributed by atoms with Crippen LogP contribution in [0.5, 0.6) is 28.7 Å². The summed E-state index contributed by atoms with van der Waals surface area (Å²) in [6.07, 6.45) is 1.73. The van der Waals surface area contributed by atoms with Gasteiger partial charge in [-0.05, 0) is 48.0 Å². The molecule has 9 heteroatoms. The first-order chi connectivity index (χ1) is 18.0. The first kappa shape index (κ1) is 23.8. The quantitative estimate of drug-likeness (QED) is 0.386. The number of halogens is 1. The second-order valence-electron chi connectivity index (χ2n) is 8.90. The van der Waals surface area contributed by atoms with E-state index in [1.165, 1.54) is 0 Å². The Morgan fingerprint density at radius 1 is 1.03 bits per heavy atom. The van der Waals surface area contributed by atoms with Crippen molar-refractivity contribution in [1.29, 1.82) is 0 Å². The lowest BCUT2D eigenvalue weighted by Gasteiger charge is -2.30. The van der Waals surface area contributed by atoms with Gasteiger partial charge in [-0.2, -0.15) is 0 Å². The van der Waals surface area contributed by atoms with Crippen molar-refractivity contribution >= 4 is 27.8 Å². The number of ketones is 1. The molecule has 0 N–H and O–H groups in total. The molecule has 8 nitrogen and oxygen atoms in total. The van der Waals surface area contributed by atoms with Crippen LogP contribution in [0.1, 0.15) is 32.6 Å². The SMILES string of the molecule is COc1ccc(CN2COc3ccc4c(c3C2)O/C(=C\c2cc(Br)cc3c2OCOC3)C4=O)cc1OC. The summed E-state index contributed by atoms with van der Waals surface area (Å²) in [6.45, 7) is 2.23. The first-order valence-corrected chi connectivity index (χ1v) is 12.5. The zero-order valence-corrected chi connectivity index (χ0v) is 21.9. The van der Waals surface area contributed by atoms with Gasteiger partial charge in [-0.15, -0.1) is 0 Å². The molecule has 6 rings (SSSR count). The van der Waals surface area contributed by atoms with Crippen LogP contribution in [-0.2, 0) is 24.4 Å². The third-order valence-electron chi connectivity index (χ3n) is 6.53. The van der Waals surface area contributed by atoms with Crippen LogP contribution >= 0.6 is 15.9 Å². The number of nitrogens with zero attached hydrogens (tertiary/aromatic N) is 1. The van der Waals surface area contributed by atoms with E-state index in [9.17, 15) is 4.79 Å². The predicted octanol–water partition coefficient (Wildman–Crippen LogP) is 5.30. The number of rotatable bonds is 5. The molecule has 3 aliphatic heterocycles. The summed E-state index contributed by atoms with van der Waals surface area (Å²) >= 11 is 3.53. The average molecular weight is 566 g/mol. The Hall–Kier alpha value is -3.53. The average Bonchev–Trinajstić information content (AvgIpc) is 3.23. The molecule has 3 aromatic carbocycles. The molecule has 37 heavy (non-hydrogen) atoms. The van der Waals surface area contributed by atoms with Crippen LogP contribution in [0, 0.1) is 0 Å². The Kier molecular flexibility index (Phi) is 6.27. The van der Waals surface area contributed by atoms with E-state index in [1.54, 1.807) is 26.4 Å². The molecule has 3 heterocycles. The van der Waals surface area contributed by atoms with Crippen molar-refractivity contribution in [3.05, 3.63) is 80.5 Å². The molecule has 0 saturated carbocycles. The van der Waals surface area contributed by atoms with Gasteiger partial charge in [-0.25, -0.2) is 0 Å². The summed E-state index contributed by atoms with van der Waals surface area (Å²) in [7, 11) is 3.23. The highest BCUT2D eigenvalue weighted by molar-refractivity contribution is 9.10. The van der Waals surface area contributed by atoms with E-state index in [2.05, 4.69) is 20.8 Å². The van der Waals surface area contributed by atoms with Gasteiger partial charge in [0.05, 0.1) is 32.0 Å². The minimum absolute atomic E-state index is 0.167. The summed E-state index contributed by atoms with van der Waals surface area (Å²) in [5.74, 6) is 3.39. The predicted molar refractivity (Wildman–Crippen MR) is 138 cm³/mol. The maximum Gasteiger partial charge on any atom is 0.231 e. The lowest BCUT2D eigenvalue weighted by molar-refractivity contribution is -0.0165. The minimum Gasteiger partial charge on any atom is -0.493 e. The van der Waals surface area contributed by atoms with Gasteiger partial charge in [0, 0.05) is 28.7 Å². The Morgan fingerprint density at radius 2 is 1.89 bits per heavy atom. The third kappa shape index (κ3) is 4.43. The van der Waals surface area contributed by atoms with Gasteiger partial charge in [0.15, 0.2) is 24.1 Å². The van der Waals surface area contributed by atoms with E-state index in [0.29, 0.717) is 55.0 Å². The zero-order valence-electron chi connectivity index (χ0n) is 20.3. The van der Waals surface area contributed by atoms with E-state index in [4.69, 9.17) is 28.4 Å². The van der Waals surface area contributed by atoms with Crippen LogP contribution in [0.25, 0.3) is 6.08 Å². The monoisotopic (exact) mass is 565 g/mol. The van der Waals surface area contributed by atoms with Crippen LogP contribution in [-0.4, -0.2) is 38.4 Å². The standard InChI is InChI=1S/C28H24BrNO7/c1-32-23-5-3-16(7-24(23)33-2)11-30-12-21-22(35-14-30)6-4-20-26(31)25(37-28(20)21)10-17-8-19(29)9-18-13-34-15-36-27(17)18/h3-10H,11-15H2,1-2H3/b25-10-. The normalized spacial score (nSPS) is 17.3. The molecule has 0 aliphatic carbocycles.